The third-order valence-corrected chi connectivity index (χ3v) is 2.47. The number of ketones is 1. The first-order valence-corrected chi connectivity index (χ1v) is 6.16. The zero-order valence-electron chi connectivity index (χ0n) is 10.6. The van der Waals surface area contributed by atoms with E-state index in [2.05, 4.69) is 5.32 Å². The molecule has 0 bridgehead atoms. The van der Waals surface area contributed by atoms with Crippen LogP contribution >= 0.6 is 0 Å². The summed E-state index contributed by atoms with van der Waals surface area (Å²) in [6.07, 6.45) is 2.68. The quantitative estimate of drug-likeness (QED) is 0.391. The van der Waals surface area contributed by atoms with Gasteiger partial charge in [-0.15, -0.1) is 0 Å². The molecule has 0 saturated carbocycles. The first kappa shape index (κ1) is 16.6. The largest absolute Gasteiger partial charge is 0.480 e. The second kappa shape index (κ2) is 9.58. The Kier molecular flexibility index (Phi) is 8.82. The van der Waals surface area contributed by atoms with E-state index in [0.717, 1.165) is 19.3 Å². The molecule has 18 heavy (non-hydrogen) atoms. The van der Waals surface area contributed by atoms with Gasteiger partial charge in [-0.3, -0.25) is 9.59 Å². The summed E-state index contributed by atoms with van der Waals surface area (Å²) < 4.78 is 0. The number of aliphatic carboxylic acids is 1. The van der Waals surface area contributed by atoms with Gasteiger partial charge < -0.3 is 15.5 Å². The highest BCUT2D eigenvalue weighted by atomic mass is 16.4. The van der Waals surface area contributed by atoms with Crippen LogP contribution in [0.2, 0.25) is 0 Å². The van der Waals surface area contributed by atoms with Gasteiger partial charge in [0.25, 0.3) is 0 Å². The fourth-order valence-electron chi connectivity index (χ4n) is 1.47. The van der Waals surface area contributed by atoms with Gasteiger partial charge in [-0.05, 0) is 6.42 Å². The van der Waals surface area contributed by atoms with Gasteiger partial charge in [-0.1, -0.05) is 19.8 Å². The number of hydrogen-bond acceptors (Lipinski definition) is 4. The third kappa shape index (κ3) is 7.78. The first-order chi connectivity index (χ1) is 8.51. The van der Waals surface area contributed by atoms with Crippen LogP contribution < -0.4 is 5.32 Å². The van der Waals surface area contributed by atoms with Gasteiger partial charge in [-0.2, -0.15) is 0 Å². The Bertz CT molecular complexity index is 290. The van der Waals surface area contributed by atoms with E-state index in [-0.39, 0.29) is 25.2 Å². The Balaban J connectivity index is 4.00. The first-order valence-electron chi connectivity index (χ1n) is 6.16. The van der Waals surface area contributed by atoms with Crippen LogP contribution in [0.15, 0.2) is 0 Å². The lowest BCUT2D eigenvalue weighted by Crippen LogP contribution is -2.42. The smallest absolute Gasteiger partial charge is 0.326 e. The summed E-state index contributed by atoms with van der Waals surface area (Å²) in [5, 5.41) is 19.6. The molecule has 0 aliphatic heterocycles. The zero-order chi connectivity index (χ0) is 14.0. The fourth-order valence-corrected chi connectivity index (χ4v) is 1.47. The number of rotatable bonds is 10. The second-order valence-corrected chi connectivity index (χ2v) is 4.14. The van der Waals surface area contributed by atoms with Crippen LogP contribution in [-0.4, -0.2) is 40.5 Å². The van der Waals surface area contributed by atoms with Crippen molar-refractivity contribution in [2.75, 3.05) is 6.61 Å². The van der Waals surface area contributed by atoms with Crippen LogP contribution in [-0.2, 0) is 14.4 Å². The van der Waals surface area contributed by atoms with Crippen molar-refractivity contribution in [2.45, 2.75) is 51.5 Å². The zero-order valence-corrected chi connectivity index (χ0v) is 10.6. The molecule has 0 fully saturated rings. The number of carboxylic acid groups (broad SMARTS) is 1. The fraction of sp³-hybridized carbons (Fsp3) is 0.750. The maximum Gasteiger partial charge on any atom is 0.326 e. The summed E-state index contributed by atoms with van der Waals surface area (Å²) in [7, 11) is 0. The normalized spacial score (nSPS) is 11.9. The number of carbonyl (C=O) groups excluding carboxylic acids is 2. The van der Waals surface area contributed by atoms with E-state index < -0.39 is 17.9 Å². The van der Waals surface area contributed by atoms with Crippen molar-refractivity contribution in [3.05, 3.63) is 0 Å². The number of aliphatic hydroxyl groups is 1. The average Bonchev–Trinajstić information content (AvgIpc) is 2.28. The topological polar surface area (TPSA) is 104 Å². The van der Waals surface area contributed by atoms with Crippen molar-refractivity contribution < 1.29 is 24.6 Å². The molecule has 0 radical (unpaired) electrons. The number of unbranched alkanes of at least 4 members (excludes halogenated alkanes) is 2. The molecule has 1 amide bonds. The summed E-state index contributed by atoms with van der Waals surface area (Å²) in [5.74, 6) is -2.00. The van der Waals surface area contributed by atoms with E-state index in [1.54, 1.807) is 0 Å². The maximum absolute atomic E-state index is 11.4. The SMILES string of the molecule is CCCCCC(=O)CC(=O)NC(CCO)C(=O)O. The molecule has 0 heterocycles. The predicted molar refractivity (Wildman–Crippen MR) is 65.0 cm³/mol. The van der Waals surface area contributed by atoms with E-state index in [9.17, 15) is 14.4 Å². The number of Topliss-reactive ketones (excluding diaryl/α,β-unsaturated/α-hetero) is 1. The molecule has 0 spiro atoms. The molecule has 0 aliphatic rings. The number of nitrogens with one attached hydrogen (secondary N) is 1. The van der Waals surface area contributed by atoms with E-state index in [1.165, 1.54) is 0 Å². The molecular weight excluding hydrogens is 238 g/mol. The molecule has 3 N–H and O–H groups in total. The number of aliphatic hydroxyl groups excluding tert-OH is 1. The number of hydrogen-bond donors (Lipinski definition) is 3. The Morgan fingerprint density at radius 3 is 2.39 bits per heavy atom. The monoisotopic (exact) mass is 259 g/mol. The molecule has 6 heteroatoms. The summed E-state index contributed by atoms with van der Waals surface area (Å²) in [6, 6.07) is -1.13. The van der Waals surface area contributed by atoms with Gasteiger partial charge >= 0.3 is 5.97 Å². The van der Waals surface area contributed by atoms with Gasteiger partial charge in [-0.25, -0.2) is 4.79 Å². The molecule has 0 saturated heterocycles. The Labute approximate surface area is 106 Å². The third-order valence-electron chi connectivity index (χ3n) is 2.47. The predicted octanol–water partition coefficient (Wildman–Crippen LogP) is 0.478. The molecule has 1 unspecified atom stereocenters. The van der Waals surface area contributed by atoms with Crippen molar-refractivity contribution in [3.63, 3.8) is 0 Å². The Morgan fingerprint density at radius 1 is 1.22 bits per heavy atom. The molecular formula is C12H21NO5. The van der Waals surface area contributed by atoms with Crippen molar-refractivity contribution >= 4 is 17.7 Å². The summed E-state index contributed by atoms with van der Waals surface area (Å²) in [6.45, 7) is 1.69. The molecule has 0 aliphatic carbocycles. The average molecular weight is 259 g/mol. The van der Waals surface area contributed by atoms with Crippen LogP contribution in [0.1, 0.15) is 45.4 Å². The van der Waals surface area contributed by atoms with Crippen molar-refractivity contribution in [1.29, 1.82) is 0 Å². The van der Waals surface area contributed by atoms with Crippen LogP contribution in [0.4, 0.5) is 0 Å². The molecule has 104 valence electrons. The maximum atomic E-state index is 11.4. The summed E-state index contributed by atoms with van der Waals surface area (Å²) >= 11 is 0. The summed E-state index contributed by atoms with van der Waals surface area (Å²) in [4.78, 5) is 33.5. The number of carboxylic acids is 1. The van der Waals surface area contributed by atoms with Crippen molar-refractivity contribution in [2.24, 2.45) is 0 Å². The summed E-state index contributed by atoms with van der Waals surface area (Å²) in [5.41, 5.74) is 0. The highest BCUT2D eigenvalue weighted by Crippen LogP contribution is 2.02. The Hall–Kier alpha value is -1.43. The number of carbonyl (C=O) groups is 3. The highest BCUT2D eigenvalue weighted by molar-refractivity contribution is 5.99. The molecule has 0 aromatic rings. The van der Waals surface area contributed by atoms with E-state index >= 15 is 0 Å². The van der Waals surface area contributed by atoms with Gasteiger partial charge in [0, 0.05) is 19.4 Å². The minimum Gasteiger partial charge on any atom is -0.480 e. The van der Waals surface area contributed by atoms with Crippen LogP contribution in [0, 0.1) is 0 Å². The molecule has 1 atom stereocenters. The standard InChI is InChI=1S/C12H21NO5/c1-2-3-4-5-9(15)8-11(16)13-10(6-7-14)12(17)18/h10,14H,2-8H2,1H3,(H,13,16)(H,17,18). The van der Waals surface area contributed by atoms with Crippen LogP contribution in [0.25, 0.3) is 0 Å². The minimum absolute atomic E-state index is 0.0644. The molecule has 0 aromatic carbocycles. The highest BCUT2D eigenvalue weighted by Gasteiger charge is 2.20. The molecule has 0 rings (SSSR count). The lowest BCUT2D eigenvalue weighted by Gasteiger charge is -2.12. The van der Waals surface area contributed by atoms with Gasteiger partial charge in [0.05, 0.1) is 6.42 Å². The lowest BCUT2D eigenvalue weighted by molar-refractivity contribution is -0.143. The van der Waals surface area contributed by atoms with Crippen LogP contribution in [0.5, 0.6) is 0 Å². The van der Waals surface area contributed by atoms with Crippen LogP contribution in [0.3, 0.4) is 0 Å². The molecule has 0 aromatic heterocycles. The van der Waals surface area contributed by atoms with E-state index in [1.807, 2.05) is 6.92 Å². The number of amides is 1. The second-order valence-electron chi connectivity index (χ2n) is 4.14. The van der Waals surface area contributed by atoms with E-state index in [4.69, 9.17) is 10.2 Å². The lowest BCUT2D eigenvalue weighted by atomic mass is 10.1. The van der Waals surface area contributed by atoms with E-state index in [0.29, 0.717) is 6.42 Å². The van der Waals surface area contributed by atoms with Crippen molar-refractivity contribution in [1.82, 2.24) is 5.32 Å². The van der Waals surface area contributed by atoms with Gasteiger partial charge in [0.2, 0.25) is 5.91 Å². The van der Waals surface area contributed by atoms with Gasteiger partial charge in [0.15, 0.2) is 0 Å². The van der Waals surface area contributed by atoms with Crippen molar-refractivity contribution in [3.8, 4) is 0 Å². The van der Waals surface area contributed by atoms with Gasteiger partial charge in [0.1, 0.15) is 11.8 Å². The Morgan fingerprint density at radius 2 is 1.89 bits per heavy atom. The minimum atomic E-state index is -1.21. The molecule has 6 nitrogen and oxygen atoms in total.